The van der Waals surface area contributed by atoms with Crippen molar-refractivity contribution < 1.29 is 19.7 Å². The van der Waals surface area contributed by atoms with Gasteiger partial charge in [0.05, 0.1) is 28.4 Å². The minimum absolute atomic E-state index is 0.540. The van der Waals surface area contributed by atoms with Gasteiger partial charge in [0.25, 0.3) is 0 Å². The molecule has 0 aliphatic rings. The number of quaternary nitrogens is 1. The Labute approximate surface area is 159 Å². The normalized spacial score (nSPS) is 10.8. The predicted octanol–water partition coefficient (Wildman–Crippen LogP) is 5.36. The zero-order chi connectivity index (χ0) is 19.0. The number of unbranched alkanes of at least 4 members (excludes halogenated alkanes) is 11. The van der Waals surface area contributed by atoms with E-state index in [2.05, 4.69) is 26.5 Å². The fourth-order valence-electron chi connectivity index (χ4n) is 2.27. The van der Waals surface area contributed by atoms with Crippen LogP contribution >= 0.6 is 8.60 Å². The highest BCUT2D eigenvalue weighted by Crippen LogP contribution is 2.27. The molecule has 0 aromatic carbocycles. The van der Waals surface area contributed by atoms with E-state index in [4.69, 9.17) is 9.05 Å². The van der Waals surface area contributed by atoms with E-state index < -0.39 is 8.60 Å². The largest absolute Gasteiger partial charge is 0.786 e. The summed E-state index contributed by atoms with van der Waals surface area (Å²) in [5.41, 5.74) is 3.85. The fourth-order valence-corrected chi connectivity index (χ4v) is 2.90. The van der Waals surface area contributed by atoms with Crippen molar-refractivity contribution in [3.63, 3.8) is 0 Å². The van der Waals surface area contributed by atoms with Crippen LogP contribution in [-0.2, 0) is 9.05 Å². The lowest BCUT2D eigenvalue weighted by atomic mass is 10.1. The van der Waals surface area contributed by atoms with Gasteiger partial charge in [-0.1, -0.05) is 85.0 Å². The Morgan fingerprint density at radius 3 is 1.32 bits per heavy atom. The van der Waals surface area contributed by atoms with Crippen molar-refractivity contribution in [3.05, 3.63) is 0 Å². The lowest BCUT2D eigenvalue weighted by molar-refractivity contribution is -0.368. The molecule has 5 heteroatoms. The maximum absolute atomic E-state index is 10.9. The monoisotopic (exact) mass is 379 g/mol. The topological polar surface area (TPSA) is 69.2 Å². The smallest absolute Gasteiger partial charge is 0.0828 e. The van der Waals surface area contributed by atoms with Crippen molar-refractivity contribution in [3.8, 4) is 0 Å². The van der Waals surface area contributed by atoms with Gasteiger partial charge in [0.1, 0.15) is 0 Å². The van der Waals surface area contributed by atoms with Crippen LogP contribution in [0.1, 0.15) is 111 Å². The molecule has 0 spiro atoms. The summed E-state index contributed by atoms with van der Waals surface area (Å²) in [5, 5.41) is 0. The van der Waals surface area contributed by atoms with E-state index in [1.54, 1.807) is 0 Å². The molecule has 25 heavy (non-hydrogen) atoms. The van der Waals surface area contributed by atoms with Gasteiger partial charge in [0.15, 0.2) is 0 Å². The van der Waals surface area contributed by atoms with Crippen LogP contribution in [0.25, 0.3) is 0 Å². The molecule has 0 atom stereocenters. The molecule has 0 rings (SSSR count). The van der Waals surface area contributed by atoms with E-state index in [-0.39, 0.29) is 0 Å². The second-order valence-corrected chi connectivity index (χ2v) is 7.60. The van der Waals surface area contributed by atoms with E-state index in [1.165, 1.54) is 64.2 Å². The first kappa shape index (κ1) is 27.5. The van der Waals surface area contributed by atoms with E-state index in [0.29, 0.717) is 13.2 Å². The first-order valence-electron chi connectivity index (χ1n) is 10.7. The van der Waals surface area contributed by atoms with Crippen molar-refractivity contribution in [1.29, 1.82) is 0 Å². The van der Waals surface area contributed by atoms with Gasteiger partial charge < -0.3 is 19.7 Å². The maximum Gasteiger partial charge on any atom is 0.0828 e. The van der Waals surface area contributed by atoms with Crippen LogP contribution in [0.3, 0.4) is 0 Å². The molecule has 0 aliphatic heterocycles. The molecule has 0 heterocycles. The molecule has 0 aliphatic carbocycles. The standard InChI is InChI=1S/C12H27N.C8H18O3P/c1-2-3-4-5-6-7-8-9-10-11-12-13;1-3-5-7-10-12(9)11-8-6-4-2/h2-13H2,1H3;3-8H2,1-2H3/q;-1/p+1. The van der Waals surface area contributed by atoms with Crippen LogP contribution in [-0.4, -0.2) is 19.8 Å². The third-order valence-corrected chi connectivity index (χ3v) is 4.78. The summed E-state index contributed by atoms with van der Waals surface area (Å²) in [4.78, 5) is 10.9. The first-order chi connectivity index (χ1) is 12.2. The molecular weight excluding hydrogens is 333 g/mol. The van der Waals surface area contributed by atoms with Gasteiger partial charge in [-0.05, 0) is 25.7 Å². The second-order valence-electron chi connectivity index (χ2n) is 6.63. The van der Waals surface area contributed by atoms with Gasteiger partial charge in [-0.2, -0.15) is 0 Å². The van der Waals surface area contributed by atoms with Gasteiger partial charge in [-0.3, -0.25) is 0 Å². The highest BCUT2D eigenvalue weighted by molar-refractivity contribution is 7.39. The molecule has 0 radical (unpaired) electrons. The quantitative estimate of drug-likeness (QED) is 0.257. The summed E-state index contributed by atoms with van der Waals surface area (Å²) in [7, 11) is -1.85. The van der Waals surface area contributed by atoms with Crippen LogP contribution < -0.4 is 10.6 Å². The second kappa shape index (κ2) is 26.5. The van der Waals surface area contributed by atoms with Crippen LogP contribution in [0.5, 0.6) is 0 Å². The Bertz CT molecular complexity index is 201. The average molecular weight is 380 g/mol. The van der Waals surface area contributed by atoms with E-state index in [0.717, 1.165) is 32.2 Å². The molecule has 0 unspecified atom stereocenters. The molecule has 0 saturated carbocycles. The van der Waals surface area contributed by atoms with Crippen LogP contribution in [0.4, 0.5) is 0 Å². The Kier molecular flexibility index (Phi) is 29.1. The summed E-state index contributed by atoms with van der Waals surface area (Å²) >= 11 is 0. The number of rotatable bonds is 18. The summed E-state index contributed by atoms with van der Waals surface area (Å²) in [5.74, 6) is 0. The fraction of sp³-hybridized carbons (Fsp3) is 1.00. The lowest BCUT2D eigenvalue weighted by Gasteiger charge is -2.21. The lowest BCUT2D eigenvalue weighted by Crippen LogP contribution is -2.50. The molecule has 3 N–H and O–H groups in total. The molecule has 0 aromatic rings. The van der Waals surface area contributed by atoms with E-state index >= 15 is 0 Å². The summed E-state index contributed by atoms with van der Waals surface area (Å²) in [6.45, 7) is 8.60. The van der Waals surface area contributed by atoms with Gasteiger partial charge in [-0.25, -0.2) is 0 Å². The summed E-state index contributed by atoms with van der Waals surface area (Å²) in [6.07, 6.45) is 18.2. The molecule has 0 amide bonds. The molecule has 0 fully saturated rings. The Morgan fingerprint density at radius 1 is 0.600 bits per heavy atom. The Hall–Kier alpha value is 0.270. The maximum atomic E-state index is 10.9. The molecule has 154 valence electrons. The molecule has 4 nitrogen and oxygen atoms in total. The molecular formula is C20H46NO3P. The number of hydrogen-bond donors (Lipinski definition) is 1. The zero-order valence-electron chi connectivity index (χ0n) is 17.4. The van der Waals surface area contributed by atoms with Crippen molar-refractivity contribution in [2.45, 2.75) is 111 Å². The van der Waals surface area contributed by atoms with Crippen LogP contribution in [0.15, 0.2) is 0 Å². The molecule has 0 aromatic heterocycles. The minimum Gasteiger partial charge on any atom is -0.786 e. The SMILES string of the molecule is CCCCCCCCCCCC[NH3+].CCCCOP([O-])OCCCC. The van der Waals surface area contributed by atoms with Crippen molar-refractivity contribution >= 4 is 8.60 Å². The van der Waals surface area contributed by atoms with Crippen molar-refractivity contribution in [2.75, 3.05) is 19.8 Å². The minimum atomic E-state index is -1.85. The average Bonchev–Trinajstić information content (AvgIpc) is 2.61. The first-order valence-corrected chi connectivity index (χ1v) is 11.8. The third-order valence-electron chi connectivity index (χ3n) is 3.99. The highest BCUT2D eigenvalue weighted by Gasteiger charge is 1.94. The Balaban J connectivity index is 0. The molecule has 0 bridgehead atoms. The van der Waals surface area contributed by atoms with E-state index in [9.17, 15) is 4.89 Å². The van der Waals surface area contributed by atoms with Crippen LogP contribution in [0.2, 0.25) is 0 Å². The summed E-state index contributed by atoms with van der Waals surface area (Å²) < 4.78 is 9.83. The predicted molar refractivity (Wildman–Crippen MR) is 108 cm³/mol. The van der Waals surface area contributed by atoms with Crippen molar-refractivity contribution in [2.24, 2.45) is 0 Å². The third kappa shape index (κ3) is 29.3. The molecule has 0 saturated heterocycles. The summed E-state index contributed by atoms with van der Waals surface area (Å²) in [6, 6.07) is 0. The zero-order valence-corrected chi connectivity index (χ0v) is 18.3. The van der Waals surface area contributed by atoms with Gasteiger partial charge in [0.2, 0.25) is 0 Å². The van der Waals surface area contributed by atoms with Gasteiger partial charge >= 0.3 is 0 Å². The van der Waals surface area contributed by atoms with E-state index in [1.807, 2.05) is 0 Å². The van der Waals surface area contributed by atoms with Crippen LogP contribution in [0, 0.1) is 0 Å². The Morgan fingerprint density at radius 2 is 0.960 bits per heavy atom. The number of hydrogen-bond acceptors (Lipinski definition) is 3. The van der Waals surface area contributed by atoms with Gasteiger partial charge in [0, 0.05) is 0 Å². The van der Waals surface area contributed by atoms with Gasteiger partial charge in [-0.15, -0.1) is 0 Å². The highest BCUT2D eigenvalue weighted by atomic mass is 31.2. The van der Waals surface area contributed by atoms with Crippen molar-refractivity contribution in [1.82, 2.24) is 0 Å².